The van der Waals surface area contributed by atoms with Crippen molar-refractivity contribution in [3.63, 3.8) is 0 Å². The van der Waals surface area contributed by atoms with Gasteiger partial charge in [-0.25, -0.2) is 0 Å². The second-order valence-electron chi connectivity index (χ2n) is 6.13. The van der Waals surface area contributed by atoms with Crippen molar-refractivity contribution in [2.24, 2.45) is 0 Å². The van der Waals surface area contributed by atoms with Gasteiger partial charge in [-0.1, -0.05) is 30.3 Å². The van der Waals surface area contributed by atoms with Crippen LogP contribution >= 0.6 is 0 Å². The highest BCUT2D eigenvalue weighted by atomic mass is 16.6. The summed E-state index contributed by atoms with van der Waals surface area (Å²) in [5, 5.41) is 11.3. The lowest BCUT2D eigenvalue weighted by Gasteiger charge is -2.40. The second-order valence-corrected chi connectivity index (χ2v) is 6.13. The monoisotopic (exact) mass is 372 g/mol. The molecule has 2 aromatic rings. The molecular formula is C20H20O7. The molecule has 1 heterocycles. The Morgan fingerprint density at radius 3 is 2.33 bits per heavy atom. The van der Waals surface area contributed by atoms with Crippen molar-refractivity contribution in [3.8, 4) is 17.2 Å². The number of rotatable bonds is 4. The van der Waals surface area contributed by atoms with Crippen LogP contribution in [0.2, 0.25) is 0 Å². The summed E-state index contributed by atoms with van der Waals surface area (Å²) in [6.45, 7) is 2.52. The highest BCUT2D eigenvalue weighted by Crippen LogP contribution is 2.52. The van der Waals surface area contributed by atoms with E-state index in [4.69, 9.17) is 18.9 Å². The topological polar surface area (TPSA) is 91.3 Å². The lowest BCUT2D eigenvalue weighted by atomic mass is 9.84. The molecule has 0 saturated heterocycles. The molecule has 0 radical (unpaired) electrons. The molecule has 0 spiro atoms. The highest BCUT2D eigenvalue weighted by Gasteiger charge is 2.47. The number of aliphatic hydroxyl groups is 1. The summed E-state index contributed by atoms with van der Waals surface area (Å²) >= 11 is 0. The molecule has 1 N–H and O–H groups in total. The van der Waals surface area contributed by atoms with Gasteiger partial charge >= 0.3 is 11.9 Å². The standard InChI is InChI=1S/C20H20O7/c1-12(21)26-17-10-9-15-18(19(17)27-13(2)22)25-11-16(20(15,23)24-3)14-7-5-4-6-8-14/h4-10,16,23H,11H2,1-3H3/t16-,20-/m1/s1. The van der Waals surface area contributed by atoms with Crippen molar-refractivity contribution >= 4 is 11.9 Å². The minimum atomic E-state index is -1.72. The van der Waals surface area contributed by atoms with Crippen LogP contribution in [0.5, 0.6) is 17.2 Å². The van der Waals surface area contributed by atoms with Crippen LogP contribution in [0, 0.1) is 0 Å². The fourth-order valence-corrected chi connectivity index (χ4v) is 3.17. The van der Waals surface area contributed by atoms with E-state index in [2.05, 4.69) is 0 Å². The summed E-state index contributed by atoms with van der Waals surface area (Å²) in [5.41, 5.74) is 1.10. The van der Waals surface area contributed by atoms with Gasteiger partial charge in [0, 0.05) is 21.0 Å². The van der Waals surface area contributed by atoms with Crippen LogP contribution in [0.25, 0.3) is 0 Å². The first-order chi connectivity index (χ1) is 12.9. The van der Waals surface area contributed by atoms with E-state index >= 15 is 0 Å². The van der Waals surface area contributed by atoms with Crippen molar-refractivity contribution < 1.29 is 33.6 Å². The Bertz CT molecular complexity index is 862. The Labute approximate surface area is 156 Å². The van der Waals surface area contributed by atoms with Gasteiger partial charge in [-0.2, -0.15) is 0 Å². The SMILES string of the molecule is CO[C@]1(O)c2ccc(OC(C)=O)c(OC(C)=O)c2OC[C@@H]1c1ccccc1. The van der Waals surface area contributed by atoms with Gasteiger partial charge in [0.05, 0.1) is 11.5 Å². The Morgan fingerprint density at radius 2 is 1.74 bits per heavy atom. The Hall–Kier alpha value is -2.90. The van der Waals surface area contributed by atoms with E-state index in [9.17, 15) is 14.7 Å². The van der Waals surface area contributed by atoms with Crippen LogP contribution in [0.4, 0.5) is 0 Å². The number of hydrogen-bond donors (Lipinski definition) is 1. The number of esters is 2. The van der Waals surface area contributed by atoms with Crippen LogP contribution in [0.1, 0.15) is 30.9 Å². The fraction of sp³-hybridized carbons (Fsp3) is 0.300. The van der Waals surface area contributed by atoms with Gasteiger partial charge in [0.1, 0.15) is 6.61 Å². The third-order valence-electron chi connectivity index (χ3n) is 4.34. The fourth-order valence-electron chi connectivity index (χ4n) is 3.17. The number of carbonyl (C=O) groups excluding carboxylic acids is 2. The number of ether oxygens (including phenoxy) is 4. The van der Waals surface area contributed by atoms with Crippen LogP contribution in [0.3, 0.4) is 0 Å². The van der Waals surface area contributed by atoms with Crippen molar-refractivity contribution in [2.45, 2.75) is 25.6 Å². The average Bonchev–Trinajstić information content (AvgIpc) is 2.64. The second kappa shape index (κ2) is 7.38. The van der Waals surface area contributed by atoms with Crippen molar-refractivity contribution in [3.05, 3.63) is 53.6 Å². The van der Waals surface area contributed by atoms with Crippen LogP contribution < -0.4 is 14.2 Å². The molecule has 1 aliphatic rings. The number of methoxy groups -OCH3 is 1. The maximum Gasteiger partial charge on any atom is 0.308 e. The number of benzene rings is 2. The largest absolute Gasteiger partial charge is 0.488 e. The first kappa shape index (κ1) is 18.9. The normalized spacial score (nSPS) is 21.0. The van der Waals surface area contributed by atoms with Crippen LogP contribution in [-0.4, -0.2) is 30.8 Å². The van der Waals surface area contributed by atoms with E-state index in [1.54, 1.807) is 0 Å². The third-order valence-corrected chi connectivity index (χ3v) is 4.34. The van der Waals surface area contributed by atoms with Gasteiger partial charge in [-0.3, -0.25) is 9.59 Å². The molecule has 1 aliphatic heterocycles. The molecule has 0 amide bonds. The molecule has 0 unspecified atom stereocenters. The predicted molar refractivity (Wildman–Crippen MR) is 94.6 cm³/mol. The minimum Gasteiger partial charge on any atom is -0.488 e. The molecule has 142 valence electrons. The van der Waals surface area contributed by atoms with Gasteiger partial charge < -0.3 is 24.1 Å². The van der Waals surface area contributed by atoms with Crippen LogP contribution in [-0.2, 0) is 20.1 Å². The van der Waals surface area contributed by atoms with E-state index in [0.717, 1.165) is 5.56 Å². The minimum absolute atomic E-state index is 0.0214. The summed E-state index contributed by atoms with van der Waals surface area (Å²) in [6.07, 6.45) is 0. The molecule has 7 nitrogen and oxygen atoms in total. The molecular weight excluding hydrogens is 352 g/mol. The molecule has 2 atom stereocenters. The molecule has 3 rings (SSSR count). The highest BCUT2D eigenvalue weighted by molar-refractivity contribution is 5.76. The molecule has 0 aromatic heterocycles. The van der Waals surface area contributed by atoms with Crippen molar-refractivity contribution in [1.29, 1.82) is 0 Å². The summed E-state index contributed by atoms with van der Waals surface area (Å²) in [7, 11) is 1.39. The zero-order valence-corrected chi connectivity index (χ0v) is 15.2. The zero-order valence-electron chi connectivity index (χ0n) is 15.2. The molecule has 2 aromatic carbocycles. The van der Waals surface area contributed by atoms with Gasteiger partial charge in [-0.05, 0) is 17.7 Å². The van der Waals surface area contributed by atoms with E-state index in [0.29, 0.717) is 0 Å². The quantitative estimate of drug-likeness (QED) is 0.501. The predicted octanol–water partition coefficient (Wildman–Crippen LogP) is 2.50. The smallest absolute Gasteiger partial charge is 0.308 e. The molecule has 0 bridgehead atoms. The molecule has 0 saturated carbocycles. The van der Waals surface area contributed by atoms with Gasteiger partial charge in [-0.15, -0.1) is 0 Å². The maximum absolute atomic E-state index is 11.5. The zero-order chi connectivity index (χ0) is 19.6. The molecule has 7 heteroatoms. The summed E-state index contributed by atoms with van der Waals surface area (Å²) in [6, 6.07) is 12.3. The lowest BCUT2D eigenvalue weighted by molar-refractivity contribution is -0.224. The van der Waals surface area contributed by atoms with E-state index in [-0.39, 0.29) is 29.4 Å². The van der Waals surface area contributed by atoms with E-state index in [1.165, 1.54) is 33.1 Å². The van der Waals surface area contributed by atoms with Crippen LogP contribution in [0.15, 0.2) is 42.5 Å². The number of fused-ring (bicyclic) bond motifs is 1. The number of carbonyl (C=O) groups is 2. The third kappa shape index (κ3) is 3.51. The molecule has 27 heavy (non-hydrogen) atoms. The van der Waals surface area contributed by atoms with Gasteiger partial charge in [0.25, 0.3) is 0 Å². The maximum atomic E-state index is 11.5. The Kier molecular flexibility index (Phi) is 5.16. The summed E-state index contributed by atoms with van der Waals surface area (Å²) in [5.74, 6) is -3.39. The Balaban J connectivity index is 2.14. The van der Waals surface area contributed by atoms with Gasteiger partial charge in [0.2, 0.25) is 11.5 Å². The van der Waals surface area contributed by atoms with Crippen molar-refractivity contribution in [2.75, 3.05) is 13.7 Å². The van der Waals surface area contributed by atoms with Crippen molar-refractivity contribution in [1.82, 2.24) is 0 Å². The Morgan fingerprint density at radius 1 is 1.07 bits per heavy atom. The van der Waals surface area contributed by atoms with E-state index in [1.807, 2.05) is 30.3 Å². The molecule has 0 aliphatic carbocycles. The first-order valence-corrected chi connectivity index (χ1v) is 8.36. The van der Waals surface area contributed by atoms with E-state index < -0.39 is 23.6 Å². The summed E-state index contributed by atoms with van der Waals surface area (Å²) < 4.78 is 21.6. The molecule has 0 fully saturated rings. The average molecular weight is 372 g/mol. The van der Waals surface area contributed by atoms with Gasteiger partial charge in [0.15, 0.2) is 11.5 Å². The first-order valence-electron chi connectivity index (χ1n) is 8.36. The number of hydrogen-bond acceptors (Lipinski definition) is 7. The summed E-state index contributed by atoms with van der Waals surface area (Å²) in [4.78, 5) is 22.9. The lowest BCUT2D eigenvalue weighted by Crippen LogP contribution is -2.42.